The molecule has 0 atom stereocenters. The van der Waals surface area contributed by atoms with E-state index >= 15 is 0 Å². The lowest BCUT2D eigenvalue weighted by Crippen LogP contribution is -1.71. The average Bonchev–Trinajstić information content (AvgIpc) is 2.30. The summed E-state index contributed by atoms with van der Waals surface area (Å²) in [4.78, 5) is 4.05. The zero-order valence-electron chi connectivity index (χ0n) is 7.84. The summed E-state index contributed by atoms with van der Waals surface area (Å²) < 4.78 is 0.793. The standard InChI is InChI=1S/C11H8BrN3/c12-11-7-6-10(8-13-11)15-14-9-4-2-1-3-5-9/h1-8H. The molecule has 1 heterocycles. The Labute approximate surface area is 96.0 Å². The molecule has 74 valence electrons. The van der Waals surface area contributed by atoms with Gasteiger partial charge in [0.15, 0.2) is 0 Å². The second-order valence-corrected chi connectivity index (χ2v) is 3.69. The first kappa shape index (κ1) is 9.98. The molecule has 0 aliphatic carbocycles. The van der Waals surface area contributed by atoms with Crippen molar-refractivity contribution in [1.82, 2.24) is 4.98 Å². The van der Waals surface area contributed by atoms with Gasteiger partial charge in [-0.25, -0.2) is 4.98 Å². The molecule has 4 heteroatoms. The number of halogens is 1. The largest absolute Gasteiger partial charge is 0.247 e. The molecule has 1 aromatic heterocycles. The van der Waals surface area contributed by atoms with Crippen LogP contribution in [0.1, 0.15) is 0 Å². The summed E-state index contributed by atoms with van der Waals surface area (Å²) >= 11 is 3.26. The maximum Gasteiger partial charge on any atom is 0.106 e. The van der Waals surface area contributed by atoms with E-state index < -0.39 is 0 Å². The van der Waals surface area contributed by atoms with Crippen molar-refractivity contribution >= 4 is 27.3 Å². The van der Waals surface area contributed by atoms with E-state index in [2.05, 4.69) is 31.1 Å². The van der Waals surface area contributed by atoms with Crippen molar-refractivity contribution in [1.29, 1.82) is 0 Å². The van der Waals surface area contributed by atoms with Crippen molar-refractivity contribution in [3.63, 3.8) is 0 Å². The van der Waals surface area contributed by atoms with Gasteiger partial charge in [0.25, 0.3) is 0 Å². The summed E-state index contributed by atoms with van der Waals surface area (Å²) in [5.74, 6) is 0. The number of azo groups is 1. The zero-order valence-corrected chi connectivity index (χ0v) is 9.42. The molecule has 0 aliphatic heterocycles. The van der Waals surface area contributed by atoms with Gasteiger partial charge < -0.3 is 0 Å². The molecular formula is C11H8BrN3. The molecule has 2 rings (SSSR count). The predicted molar refractivity (Wildman–Crippen MR) is 62.6 cm³/mol. The van der Waals surface area contributed by atoms with Crippen LogP contribution in [0, 0.1) is 0 Å². The van der Waals surface area contributed by atoms with Crippen LogP contribution in [0.2, 0.25) is 0 Å². The molecule has 2 aromatic rings. The van der Waals surface area contributed by atoms with Crippen molar-refractivity contribution < 1.29 is 0 Å². The minimum atomic E-state index is 0.738. The number of benzene rings is 1. The van der Waals surface area contributed by atoms with Crippen LogP contribution in [0.4, 0.5) is 11.4 Å². The third-order valence-corrected chi connectivity index (χ3v) is 2.22. The SMILES string of the molecule is Brc1ccc(N=Nc2ccccc2)cn1. The van der Waals surface area contributed by atoms with Crippen molar-refractivity contribution in [2.75, 3.05) is 0 Å². The van der Waals surface area contributed by atoms with Gasteiger partial charge in [0.05, 0.1) is 11.9 Å². The van der Waals surface area contributed by atoms with Crippen molar-refractivity contribution in [2.24, 2.45) is 10.2 Å². The lowest BCUT2D eigenvalue weighted by molar-refractivity contribution is 1.18. The number of hydrogen-bond acceptors (Lipinski definition) is 3. The van der Waals surface area contributed by atoms with E-state index in [1.807, 2.05) is 42.5 Å². The molecule has 0 saturated carbocycles. The molecule has 3 nitrogen and oxygen atoms in total. The minimum Gasteiger partial charge on any atom is -0.247 e. The fraction of sp³-hybridized carbons (Fsp3) is 0. The van der Waals surface area contributed by atoms with Gasteiger partial charge in [-0.15, -0.1) is 5.11 Å². The molecule has 0 fully saturated rings. The minimum absolute atomic E-state index is 0.738. The fourth-order valence-electron chi connectivity index (χ4n) is 1.04. The Morgan fingerprint density at radius 1 is 0.867 bits per heavy atom. The van der Waals surface area contributed by atoms with E-state index in [0.29, 0.717) is 0 Å². The quantitative estimate of drug-likeness (QED) is 0.588. The fourth-order valence-corrected chi connectivity index (χ4v) is 1.27. The highest BCUT2D eigenvalue weighted by molar-refractivity contribution is 9.10. The Balaban J connectivity index is 2.15. The van der Waals surface area contributed by atoms with Gasteiger partial charge >= 0.3 is 0 Å². The first-order valence-corrected chi connectivity index (χ1v) is 5.22. The molecular weight excluding hydrogens is 254 g/mol. The zero-order chi connectivity index (χ0) is 10.5. The van der Waals surface area contributed by atoms with Gasteiger partial charge in [-0.1, -0.05) is 18.2 Å². The van der Waals surface area contributed by atoms with E-state index in [0.717, 1.165) is 16.0 Å². The van der Waals surface area contributed by atoms with Crippen LogP contribution in [-0.4, -0.2) is 4.98 Å². The summed E-state index contributed by atoms with van der Waals surface area (Å²) in [6.07, 6.45) is 1.66. The molecule has 1 aromatic carbocycles. The summed E-state index contributed by atoms with van der Waals surface area (Å²) in [6, 6.07) is 13.3. The maximum absolute atomic E-state index is 4.08. The first-order valence-electron chi connectivity index (χ1n) is 4.43. The summed E-state index contributed by atoms with van der Waals surface area (Å²) in [5, 5.41) is 8.14. The Morgan fingerprint density at radius 2 is 1.60 bits per heavy atom. The van der Waals surface area contributed by atoms with Crippen molar-refractivity contribution in [2.45, 2.75) is 0 Å². The Morgan fingerprint density at radius 3 is 2.27 bits per heavy atom. The van der Waals surface area contributed by atoms with Crippen molar-refractivity contribution in [3.8, 4) is 0 Å². The van der Waals surface area contributed by atoms with E-state index in [1.165, 1.54) is 0 Å². The van der Waals surface area contributed by atoms with Crippen LogP contribution in [0.15, 0.2) is 63.5 Å². The van der Waals surface area contributed by atoms with E-state index in [-0.39, 0.29) is 0 Å². The number of pyridine rings is 1. The van der Waals surface area contributed by atoms with Gasteiger partial charge in [-0.3, -0.25) is 0 Å². The number of rotatable bonds is 2. The van der Waals surface area contributed by atoms with E-state index in [9.17, 15) is 0 Å². The number of nitrogens with zero attached hydrogens (tertiary/aromatic N) is 3. The van der Waals surface area contributed by atoms with Crippen LogP contribution in [0.25, 0.3) is 0 Å². The van der Waals surface area contributed by atoms with Gasteiger partial charge in [0.1, 0.15) is 10.3 Å². The van der Waals surface area contributed by atoms with E-state index in [1.54, 1.807) is 6.20 Å². The highest BCUT2D eigenvalue weighted by Crippen LogP contribution is 2.17. The molecule has 0 spiro atoms. The topological polar surface area (TPSA) is 37.6 Å². The monoisotopic (exact) mass is 261 g/mol. The summed E-state index contributed by atoms with van der Waals surface area (Å²) in [5.41, 5.74) is 1.57. The third kappa shape index (κ3) is 2.95. The first-order chi connectivity index (χ1) is 7.34. The molecule has 0 saturated heterocycles. The summed E-state index contributed by atoms with van der Waals surface area (Å²) in [7, 11) is 0. The molecule has 15 heavy (non-hydrogen) atoms. The smallest absolute Gasteiger partial charge is 0.106 e. The normalized spacial score (nSPS) is 10.7. The molecule has 0 N–H and O–H groups in total. The highest BCUT2D eigenvalue weighted by atomic mass is 79.9. The predicted octanol–water partition coefficient (Wildman–Crippen LogP) is 4.26. The molecule has 0 radical (unpaired) electrons. The van der Waals surface area contributed by atoms with Crippen LogP contribution < -0.4 is 0 Å². The maximum atomic E-state index is 4.08. The van der Waals surface area contributed by atoms with Gasteiger partial charge in [-0.05, 0) is 40.2 Å². The Hall–Kier alpha value is -1.55. The number of aromatic nitrogens is 1. The average molecular weight is 262 g/mol. The second kappa shape index (κ2) is 4.79. The van der Waals surface area contributed by atoms with Crippen molar-refractivity contribution in [3.05, 3.63) is 53.3 Å². The molecule has 0 aliphatic rings. The molecule has 0 unspecified atom stereocenters. The second-order valence-electron chi connectivity index (χ2n) is 2.87. The Kier molecular flexibility index (Phi) is 3.19. The van der Waals surface area contributed by atoms with Gasteiger partial charge in [0.2, 0.25) is 0 Å². The lowest BCUT2D eigenvalue weighted by Gasteiger charge is -1.92. The van der Waals surface area contributed by atoms with Crippen LogP contribution in [-0.2, 0) is 0 Å². The van der Waals surface area contributed by atoms with Crippen LogP contribution in [0.3, 0.4) is 0 Å². The van der Waals surface area contributed by atoms with Gasteiger partial charge in [0, 0.05) is 0 Å². The van der Waals surface area contributed by atoms with Crippen LogP contribution >= 0.6 is 15.9 Å². The summed E-state index contributed by atoms with van der Waals surface area (Å²) in [6.45, 7) is 0. The Bertz CT molecular complexity index is 451. The number of hydrogen-bond donors (Lipinski definition) is 0. The van der Waals surface area contributed by atoms with E-state index in [4.69, 9.17) is 0 Å². The lowest BCUT2D eigenvalue weighted by atomic mass is 10.3. The van der Waals surface area contributed by atoms with Gasteiger partial charge in [-0.2, -0.15) is 5.11 Å². The molecule has 0 bridgehead atoms. The van der Waals surface area contributed by atoms with Crippen LogP contribution in [0.5, 0.6) is 0 Å². The molecule has 0 amide bonds. The third-order valence-electron chi connectivity index (χ3n) is 1.75. The highest BCUT2D eigenvalue weighted by Gasteiger charge is 1.90.